The Hall–Kier alpha value is -0.860. The summed E-state index contributed by atoms with van der Waals surface area (Å²) < 4.78 is 0. The number of piperazine rings is 1. The highest BCUT2D eigenvalue weighted by molar-refractivity contribution is 5.25. The van der Waals surface area contributed by atoms with Crippen molar-refractivity contribution in [1.29, 1.82) is 0 Å². The lowest BCUT2D eigenvalue weighted by molar-refractivity contribution is 0.0501. The van der Waals surface area contributed by atoms with Crippen molar-refractivity contribution in [3.8, 4) is 0 Å². The van der Waals surface area contributed by atoms with E-state index in [-0.39, 0.29) is 0 Å². The van der Waals surface area contributed by atoms with Gasteiger partial charge >= 0.3 is 0 Å². The summed E-state index contributed by atoms with van der Waals surface area (Å²) in [5, 5.41) is 0. The van der Waals surface area contributed by atoms with E-state index in [1.165, 1.54) is 63.0 Å². The summed E-state index contributed by atoms with van der Waals surface area (Å²) in [6.45, 7) is 9.75. The maximum atomic E-state index is 2.76. The fourth-order valence-corrected chi connectivity index (χ4v) is 3.96. The Balaban J connectivity index is 1.62. The van der Waals surface area contributed by atoms with Crippen LogP contribution in [0.1, 0.15) is 37.3 Å². The van der Waals surface area contributed by atoms with Crippen LogP contribution in [0.15, 0.2) is 24.3 Å². The highest BCUT2D eigenvalue weighted by Gasteiger charge is 2.35. The van der Waals surface area contributed by atoms with E-state index >= 15 is 0 Å². The first-order valence-corrected chi connectivity index (χ1v) is 8.30. The van der Waals surface area contributed by atoms with Crippen molar-refractivity contribution in [2.45, 2.75) is 51.6 Å². The zero-order valence-electron chi connectivity index (χ0n) is 13.0. The van der Waals surface area contributed by atoms with Gasteiger partial charge in [-0.05, 0) is 50.3 Å². The molecule has 0 bridgehead atoms. The Bertz CT molecular complexity index is 443. The highest BCUT2D eigenvalue weighted by atomic mass is 15.3. The van der Waals surface area contributed by atoms with Crippen LogP contribution < -0.4 is 0 Å². The zero-order valence-corrected chi connectivity index (χ0v) is 13.0. The molecule has 2 fully saturated rings. The van der Waals surface area contributed by atoms with Gasteiger partial charge in [0, 0.05) is 31.7 Å². The Labute approximate surface area is 123 Å². The molecule has 2 aliphatic heterocycles. The smallest absolute Gasteiger partial charge is 0.0224 e. The van der Waals surface area contributed by atoms with E-state index in [0.717, 1.165) is 12.1 Å². The summed E-state index contributed by atoms with van der Waals surface area (Å²) in [6, 6.07) is 10.5. The normalized spacial score (nSPS) is 27.7. The van der Waals surface area contributed by atoms with Crippen LogP contribution in [0.25, 0.3) is 0 Å². The van der Waals surface area contributed by atoms with Crippen LogP contribution >= 0.6 is 0 Å². The summed E-state index contributed by atoms with van der Waals surface area (Å²) in [5.41, 5.74) is 2.97. The number of hydrogen-bond acceptors (Lipinski definition) is 2. The molecule has 2 atom stereocenters. The Kier molecular flexibility index (Phi) is 4.42. The molecule has 2 heteroatoms. The van der Waals surface area contributed by atoms with Crippen molar-refractivity contribution in [2.24, 2.45) is 0 Å². The quantitative estimate of drug-likeness (QED) is 0.831. The minimum atomic E-state index is 0.772. The molecular weight excluding hydrogens is 244 g/mol. The third-order valence-electron chi connectivity index (χ3n) is 5.31. The molecule has 0 N–H and O–H groups in total. The lowest BCUT2D eigenvalue weighted by Crippen LogP contribution is -2.56. The molecule has 0 amide bonds. The first-order chi connectivity index (χ1) is 9.78. The van der Waals surface area contributed by atoms with Gasteiger partial charge in [-0.3, -0.25) is 9.80 Å². The molecule has 0 radical (unpaired) electrons. The lowest BCUT2D eigenvalue weighted by Gasteiger charge is -2.43. The second kappa shape index (κ2) is 6.28. The molecule has 2 aliphatic rings. The number of nitrogens with zero attached hydrogens (tertiary/aromatic N) is 2. The van der Waals surface area contributed by atoms with Crippen molar-refractivity contribution in [3.05, 3.63) is 35.4 Å². The molecule has 0 aliphatic carbocycles. The van der Waals surface area contributed by atoms with Crippen molar-refractivity contribution >= 4 is 0 Å². The number of rotatable bonds is 4. The predicted molar refractivity (Wildman–Crippen MR) is 85.1 cm³/mol. The van der Waals surface area contributed by atoms with Crippen molar-refractivity contribution in [3.63, 3.8) is 0 Å². The molecule has 1 aromatic rings. The fraction of sp³-hybridized carbons (Fsp3) is 0.667. The number of fused-ring (bicyclic) bond motifs is 1. The monoisotopic (exact) mass is 272 g/mol. The minimum absolute atomic E-state index is 0.772. The van der Waals surface area contributed by atoms with Crippen molar-refractivity contribution < 1.29 is 0 Å². The van der Waals surface area contributed by atoms with E-state index in [4.69, 9.17) is 0 Å². The largest absolute Gasteiger partial charge is 0.298 e. The van der Waals surface area contributed by atoms with E-state index in [2.05, 4.69) is 47.9 Å². The fourth-order valence-electron chi connectivity index (χ4n) is 3.96. The summed E-state index contributed by atoms with van der Waals surface area (Å²) in [4.78, 5) is 5.50. The van der Waals surface area contributed by atoms with Gasteiger partial charge in [0.2, 0.25) is 0 Å². The zero-order chi connectivity index (χ0) is 13.9. The average Bonchev–Trinajstić information content (AvgIpc) is 2.92. The second-order valence-corrected chi connectivity index (χ2v) is 6.52. The van der Waals surface area contributed by atoms with E-state index in [1.807, 2.05) is 0 Å². The van der Waals surface area contributed by atoms with Gasteiger partial charge in [0.15, 0.2) is 0 Å². The van der Waals surface area contributed by atoms with Gasteiger partial charge in [-0.1, -0.05) is 31.2 Å². The van der Waals surface area contributed by atoms with Crippen molar-refractivity contribution in [1.82, 2.24) is 9.80 Å². The topological polar surface area (TPSA) is 6.48 Å². The van der Waals surface area contributed by atoms with Gasteiger partial charge in [0.1, 0.15) is 0 Å². The van der Waals surface area contributed by atoms with Crippen LogP contribution in [0.5, 0.6) is 0 Å². The maximum Gasteiger partial charge on any atom is 0.0224 e. The van der Waals surface area contributed by atoms with Gasteiger partial charge in [-0.15, -0.1) is 0 Å². The van der Waals surface area contributed by atoms with Gasteiger partial charge < -0.3 is 0 Å². The van der Waals surface area contributed by atoms with E-state index in [0.29, 0.717) is 0 Å². The van der Waals surface area contributed by atoms with Gasteiger partial charge in [-0.25, -0.2) is 0 Å². The summed E-state index contributed by atoms with van der Waals surface area (Å²) >= 11 is 0. The molecule has 0 saturated carbocycles. The summed E-state index contributed by atoms with van der Waals surface area (Å²) in [7, 11) is 0. The Morgan fingerprint density at radius 2 is 2.05 bits per heavy atom. The van der Waals surface area contributed by atoms with Gasteiger partial charge in [-0.2, -0.15) is 0 Å². The molecule has 1 aromatic carbocycles. The molecule has 2 nitrogen and oxygen atoms in total. The highest BCUT2D eigenvalue weighted by Crippen LogP contribution is 2.26. The van der Waals surface area contributed by atoms with Crippen LogP contribution in [0, 0.1) is 6.92 Å². The number of aryl methyl sites for hydroxylation is 1. The molecule has 3 rings (SSSR count). The van der Waals surface area contributed by atoms with Crippen LogP contribution in [0.2, 0.25) is 0 Å². The molecular formula is C18H28N2. The van der Waals surface area contributed by atoms with Crippen LogP contribution in [0.4, 0.5) is 0 Å². The van der Waals surface area contributed by atoms with E-state index in [1.54, 1.807) is 0 Å². The van der Waals surface area contributed by atoms with Gasteiger partial charge in [0.05, 0.1) is 0 Å². The summed E-state index contributed by atoms with van der Waals surface area (Å²) in [5.74, 6) is 0. The average molecular weight is 272 g/mol. The molecule has 2 heterocycles. The first-order valence-electron chi connectivity index (χ1n) is 8.30. The minimum Gasteiger partial charge on any atom is -0.298 e. The third-order valence-corrected chi connectivity index (χ3v) is 5.31. The van der Waals surface area contributed by atoms with Crippen molar-refractivity contribution in [2.75, 3.05) is 26.2 Å². The van der Waals surface area contributed by atoms with Crippen LogP contribution in [-0.4, -0.2) is 48.1 Å². The SMILES string of the molecule is CCC1CN2CCCC2CN1CCc1ccccc1C. The number of hydrogen-bond donors (Lipinski definition) is 0. The second-order valence-electron chi connectivity index (χ2n) is 6.52. The molecule has 0 aromatic heterocycles. The molecule has 110 valence electrons. The summed E-state index contributed by atoms with van der Waals surface area (Å²) in [6.07, 6.45) is 5.32. The molecule has 20 heavy (non-hydrogen) atoms. The third kappa shape index (κ3) is 2.91. The Morgan fingerprint density at radius 1 is 1.20 bits per heavy atom. The van der Waals surface area contributed by atoms with E-state index < -0.39 is 0 Å². The van der Waals surface area contributed by atoms with Crippen LogP contribution in [-0.2, 0) is 6.42 Å². The number of benzene rings is 1. The van der Waals surface area contributed by atoms with Gasteiger partial charge in [0.25, 0.3) is 0 Å². The molecule has 2 unspecified atom stereocenters. The predicted octanol–water partition coefficient (Wildman–Crippen LogP) is 3.10. The van der Waals surface area contributed by atoms with E-state index in [9.17, 15) is 0 Å². The molecule has 0 spiro atoms. The standard InChI is InChI=1S/C18H28N2/c1-3-17-13-19-11-6-9-18(19)14-20(17)12-10-16-8-5-4-7-15(16)2/h4-5,7-8,17-18H,3,6,9-14H2,1-2H3. The van der Waals surface area contributed by atoms with Crippen LogP contribution in [0.3, 0.4) is 0 Å². The first kappa shape index (κ1) is 14.1. The molecule has 2 saturated heterocycles. The maximum absolute atomic E-state index is 2.76. The lowest BCUT2D eigenvalue weighted by atomic mass is 10.0. The Morgan fingerprint density at radius 3 is 2.85 bits per heavy atom.